The van der Waals surface area contributed by atoms with Crippen molar-refractivity contribution in [2.45, 2.75) is 18.8 Å². The molecule has 1 heterocycles. The van der Waals surface area contributed by atoms with E-state index in [9.17, 15) is 4.79 Å². The van der Waals surface area contributed by atoms with Crippen LogP contribution in [0.1, 0.15) is 34.7 Å². The maximum absolute atomic E-state index is 12.5. The molecule has 1 unspecified atom stereocenters. The number of anilines is 1. The fourth-order valence-corrected chi connectivity index (χ4v) is 2.99. The molecule has 1 aliphatic rings. The largest absolute Gasteiger partial charge is 0.493 e. The Morgan fingerprint density at radius 1 is 1.29 bits per heavy atom. The van der Waals surface area contributed by atoms with Crippen molar-refractivity contribution < 1.29 is 9.53 Å². The van der Waals surface area contributed by atoms with Gasteiger partial charge in [-0.05, 0) is 42.2 Å². The lowest BCUT2D eigenvalue weighted by Gasteiger charge is -2.25. The van der Waals surface area contributed by atoms with Crippen molar-refractivity contribution in [1.29, 1.82) is 0 Å². The summed E-state index contributed by atoms with van der Waals surface area (Å²) in [5.74, 6) is 1.13. The molecule has 2 aromatic carbocycles. The summed E-state index contributed by atoms with van der Waals surface area (Å²) in [7, 11) is 0. The molecule has 4 heteroatoms. The zero-order valence-corrected chi connectivity index (χ0v) is 12.3. The molecule has 2 N–H and O–H groups in total. The van der Waals surface area contributed by atoms with Crippen molar-refractivity contribution >= 4 is 23.1 Å². The molecule has 0 bridgehead atoms. The van der Waals surface area contributed by atoms with E-state index in [0.717, 1.165) is 17.7 Å². The SMILES string of the molecule is Nc1cc(Cl)cc(C(=O)CC2CCOc3ccccc32)c1. The predicted molar refractivity (Wildman–Crippen MR) is 84.1 cm³/mol. The third-order valence-corrected chi connectivity index (χ3v) is 3.97. The van der Waals surface area contributed by atoms with Gasteiger partial charge < -0.3 is 10.5 Å². The number of nitrogens with two attached hydrogens (primary N) is 1. The highest BCUT2D eigenvalue weighted by Crippen LogP contribution is 2.36. The maximum Gasteiger partial charge on any atom is 0.163 e. The molecule has 21 heavy (non-hydrogen) atoms. The number of carbonyl (C=O) groups excluding carboxylic acids is 1. The number of hydrogen-bond donors (Lipinski definition) is 1. The monoisotopic (exact) mass is 301 g/mol. The van der Waals surface area contributed by atoms with Crippen molar-refractivity contribution in [2.75, 3.05) is 12.3 Å². The van der Waals surface area contributed by atoms with Crippen molar-refractivity contribution in [3.63, 3.8) is 0 Å². The second-order valence-corrected chi connectivity index (χ2v) is 5.71. The van der Waals surface area contributed by atoms with Crippen molar-refractivity contribution in [1.82, 2.24) is 0 Å². The number of hydrogen-bond acceptors (Lipinski definition) is 3. The van der Waals surface area contributed by atoms with E-state index in [0.29, 0.717) is 29.3 Å². The van der Waals surface area contributed by atoms with Gasteiger partial charge in [-0.2, -0.15) is 0 Å². The summed E-state index contributed by atoms with van der Waals surface area (Å²) in [5.41, 5.74) is 7.94. The van der Waals surface area contributed by atoms with Crippen LogP contribution in [-0.4, -0.2) is 12.4 Å². The topological polar surface area (TPSA) is 52.3 Å². The van der Waals surface area contributed by atoms with E-state index < -0.39 is 0 Å². The summed E-state index contributed by atoms with van der Waals surface area (Å²) in [4.78, 5) is 12.5. The minimum Gasteiger partial charge on any atom is -0.493 e. The highest BCUT2D eigenvalue weighted by molar-refractivity contribution is 6.31. The molecule has 0 saturated heterocycles. The van der Waals surface area contributed by atoms with Crippen LogP contribution in [0.3, 0.4) is 0 Å². The third kappa shape index (κ3) is 3.03. The summed E-state index contributed by atoms with van der Waals surface area (Å²) < 4.78 is 5.63. The summed E-state index contributed by atoms with van der Waals surface area (Å²) >= 11 is 5.97. The van der Waals surface area contributed by atoms with Gasteiger partial charge in [0.25, 0.3) is 0 Å². The Bertz CT molecular complexity index is 664. The van der Waals surface area contributed by atoms with Crippen molar-refractivity contribution in [2.24, 2.45) is 0 Å². The van der Waals surface area contributed by atoms with E-state index in [1.165, 1.54) is 0 Å². The standard InChI is InChI=1S/C17H16ClNO2/c18-13-7-12(8-14(19)10-13)16(20)9-11-5-6-21-17-4-2-1-3-15(11)17/h1-4,7-8,10-11H,5-6,9,19H2. The fraction of sp³-hybridized carbons (Fsp3) is 0.235. The van der Waals surface area contributed by atoms with Crippen LogP contribution < -0.4 is 10.5 Å². The summed E-state index contributed by atoms with van der Waals surface area (Å²) in [5, 5.41) is 0.491. The number of halogens is 1. The van der Waals surface area contributed by atoms with Gasteiger partial charge in [-0.25, -0.2) is 0 Å². The van der Waals surface area contributed by atoms with E-state index in [1.54, 1.807) is 18.2 Å². The molecule has 0 fully saturated rings. The summed E-state index contributed by atoms with van der Waals surface area (Å²) in [6.07, 6.45) is 1.29. The van der Waals surface area contributed by atoms with Gasteiger partial charge in [0.15, 0.2) is 5.78 Å². The van der Waals surface area contributed by atoms with Crippen LogP contribution in [0.15, 0.2) is 42.5 Å². The Morgan fingerprint density at radius 3 is 2.90 bits per heavy atom. The number of rotatable bonds is 3. The number of Topliss-reactive ketones (excluding diaryl/α,β-unsaturated/α-hetero) is 1. The molecule has 0 saturated carbocycles. The van der Waals surface area contributed by atoms with E-state index in [2.05, 4.69) is 0 Å². The second kappa shape index (κ2) is 5.78. The normalized spacial score (nSPS) is 16.9. The van der Waals surface area contributed by atoms with Crippen LogP contribution in [0.25, 0.3) is 0 Å². The Labute approximate surface area is 128 Å². The lowest BCUT2D eigenvalue weighted by Crippen LogP contribution is -2.17. The minimum atomic E-state index is 0.0610. The van der Waals surface area contributed by atoms with E-state index in [4.69, 9.17) is 22.1 Å². The van der Waals surface area contributed by atoms with Gasteiger partial charge in [0.05, 0.1) is 6.61 Å². The van der Waals surface area contributed by atoms with Gasteiger partial charge in [-0.1, -0.05) is 29.8 Å². The smallest absolute Gasteiger partial charge is 0.163 e. The molecular formula is C17H16ClNO2. The first kappa shape index (κ1) is 14.0. The van der Waals surface area contributed by atoms with E-state index >= 15 is 0 Å². The quantitative estimate of drug-likeness (QED) is 0.687. The first-order valence-corrected chi connectivity index (χ1v) is 7.32. The molecule has 0 spiro atoms. The molecule has 0 aromatic heterocycles. The Morgan fingerprint density at radius 2 is 2.10 bits per heavy atom. The number of nitrogen functional groups attached to an aromatic ring is 1. The molecule has 1 aliphatic heterocycles. The molecule has 2 aromatic rings. The van der Waals surface area contributed by atoms with Gasteiger partial charge in [-0.3, -0.25) is 4.79 Å². The predicted octanol–water partition coefficient (Wildman–Crippen LogP) is 4.06. The Kier molecular flexibility index (Phi) is 3.84. The first-order chi connectivity index (χ1) is 10.1. The van der Waals surface area contributed by atoms with E-state index in [1.807, 2.05) is 24.3 Å². The lowest BCUT2D eigenvalue weighted by molar-refractivity contribution is 0.0966. The number of carbonyl (C=O) groups is 1. The molecule has 3 nitrogen and oxygen atoms in total. The Balaban J connectivity index is 1.82. The van der Waals surface area contributed by atoms with Crippen LogP contribution in [-0.2, 0) is 0 Å². The van der Waals surface area contributed by atoms with Crippen LogP contribution in [0.4, 0.5) is 5.69 Å². The number of benzene rings is 2. The molecule has 3 rings (SSSR count). The molecule has 0 aliphatic carbocycles. The average Bonchev–Trinajstić information content (AvgIpc) is 2.46. The minimum absolute atomic E-state index is 0.0610. The average molecular weight is 302 g/mol. The highest BCUT2D eigenvalue weighted by Gasteiger charge is 2.24. The zero-order valence-electron chi connectivity index (χ0n) is 11.5. The van der Waals surface area contributed by atoms with Gasteiger partial charge >= 0.3 is 0 Å². The van der Waals surface area contributed by atoms with Crippen LogP contribution >= 0.6 is 11.6 Å². The molecule has 0 radical (unpaired) electrons. The molecule has 108 valence electrons. The molecule has 0 amide bonds. The van der Waals surface area contributed by atoms with E-state index in [-0.39, 0.29) is 11.7 Å². The van der Waals surface area contributed by atoms with Crippen LogP contribution in [0.2, 0.25) is 5.02 Å². The lowest BCUT2D eigenvalue weighted by atomic mass is 9.87. The third-order valence-electron chi connectivity index (χ3n) is 3.76. The second-order valence-electron chi connectivity index (χ2n) is 5.27. The number of ketones is 1. The summed E-state index contributed by atoms with van der Waals surface area (Å²) in [6, 6.07) is 12.9. The van der Waals surface area contributed by atoms with Crippen LogP contribution in [0, 0.1) is 0 Å². The first-order valence-electron chi connectivity index (χ1n) is 6.94. The highest BCUT2D eigenvalue weighted by atomic mass is 35.5. The fourth-order valence-electron chi connectivity index (χ4n) is 2.74. The number of fused-ring (bicyclic) bond motifs is 1. The zero-order chi connectivity index (χ0) is 14.8. The van der Waals surface area contributed by atoms with Gasteiger partial charge in [0, 0.05) is 22.7 Å². The number of ether oxygens (including phenoxy) is 1. The van der Waals surface area contributed by atoms with Crippen molar-refractivity contribution in [3.8, 4) is 5.75 Å². The van der Waals surface area contributed by atoms with Gasteiger partial charge in [0.2, 0.25) is 0 Å². The summed E-state index contributed by atoms with van der Waals surface area (Å²) in [6.45, 7) is 0.645. The van der Waals surface area contributed by atoms with Gasteiger partial charge in [-0.15, -0.1) is 0 Å². The Hall–Kier alpha value is -2.00. The van der Waals surface area contributed by atoms with Gasteiger partial charge in [0.1, 0.15) is 5.75 Å². The molecular weight excluding hydrogens is 286 g/mol. The van der Waals surface area contributed by atoms with Crippen LogP contribution in [0.5, 0.6) is 5.75 Å². The number of para-hydroxylation sites is 1. The van der Waals surface area contributed by atoms with Crippen molar-refractivity contribution in [3.05, 3.63) is 58.6 Å². The maximum atomic E-state index is 12.5. The molecule has 1 atom stereocenters.